The summed E-state index contributed by atoms with van der Waals surface area (Å²) in [6.07, 6.45) is 2.27. The second kappa shape index (κ2) is 7.17. The van der Waals surface area contributed by atoms with Crippen LogP contribution in [0.5, 0.6) is 0 Å². The van der Waals surface area contributed by atoms with Crippen LogP contribution >= 0.6 is 15.9 Å². The zero-order chi connectivity index (χ0) is 15.2. The van der Waals surface area contributed by atoms with E-state index in [0.717, 1.165) is 10.0 Å². The van der Waals surface area contributed by atoms with Crippen molar-refractivity contribution in [2.24, 2.45) is 0 Å². The van der Waals surface area contributed by atoms with Crippen molar-refractivity contribution < 1.29 is 9.18 Å². The van der Waals surface area contributed by atoms with Crippen LogP contribution in [-0.2, 0) is 6.42 Å². The Hall–Kier alpha value is -1.95. The van der Waals surface area contributed by atoms with Crippen LogP contribution in [0.25, 0.3) is 0 Å². The highest BCUT2D eigenvalue weighted by Gasteiger charge is 2.12. The summed E-state index contributed by atoms with van der Waals surface area (Å²) in [5, 5.41) is 5.71. The number of benzene rings is 1. The number of halogens is 2. The summed E-state index contributed by atoms with van der Waals surface area (Å²) in [6.45, 7) is 0.472. The molecule has 1 aromatic carbocycles. The van der Waals surface area contributed by atoms with Crippen LogP contribution in [0.3, 0.4) is 0 Å². The quantitative estimate of drug-likeness (QED) is 0.870. The van der Waals surface area contributed by atoms with E-state index in [0.29, 0.717) is 24.3 Å². The molecule has 2 rings (SSSR count). The van der Waals surface area contributed by atoms with Gasteiger partial charge in [0, 0.05) is 24.3 Å². The van der Waals surface area contributed by atoms with E-state index in [1.165, 1.54) is 12.1 Å². The summed E-state index contributed by atoms with van der Waals surface area (Å²) in [7, 11) is 1.71. The molecule has 0 fully saturated rings. The molecule has 0 aliphatic rings. The Morgan fingerprint density at radius 3 is 2.71 bits per heavy atom. The molecule has 0 unspecified atom stereocenters. The minimum atomic E-state index is -0.262. The summed E-state index contributed by atoms with van der Waals surface area (Å²) in [5.41, 5.74) is 1.45. The Balaban J connectivity index is 1.95. The Morgan fingerprint density at radius 1 is 1.33 bits per heavy atom. The van der Waals surface area contributed by atoms with Gasteiger partial charge in [0.15, 0.2) is 0 Å². The van der Waals surface area contributed by atoms with Gasteiger partial charge in [-0.05, 0) is 46.1 Å². The lowest BCUT2D eigenvalue weighted by Crippen LogP contribution is -2.26. The first kappa shape index (κ1) is 15.4. The van der Waals surface area contributed by atoms with Gasteiger partial charge in [-0.15, -0.1) is 0 Å². The van der Waals surface area contributed by atoms with E-state index in [4.69, 9.17) is 0 Å². The van der Waals surface area contributed by atoms with Crippen LogP contribution in [0.1, 0.15) is 15.9 Å². The van der Waals surface area contributed by atoms with Gasteiger partial charge in [-0.3, -0.25) is 4.79 Å². The van der Waals surface area contributed by atoms with E-state index in [1.54, 1.807) is 31.4 Å². The first-order valence-corrected chi connectivity index (χ1v) is 7.25. The molecule has 4 nitrogen and oxygen atoms in total. The Bertz CT molecular complexity index is 631. The average molecular weight is 352 g/mol. The molecule has 2 N–H and O–H groups in total. The highest BCUT2D eigenvalue weighted by atomic mass is 79.9. The van der Waals surface area contributed by atoms with Crippen molar-refractivity contribution in [1.82, 2.24) is 10.3 Å². The highest BCUT2D eigenvalue weighted by Crippen LogP contribution is 2.17. The lowest BCUT2D eigenvalue weighted by molar-refractivity contribution is 0.0954. The maximum Gasteiger partial charge on any atom is 0.255 e. The van der Waals surface area contributed by atoms with E-state index < -0.39 is 0 Å². The zero-order valence-corrected chi connectivity index (χ0v) is 13.1. The maximum atomic E-state index is 12.8. The number of carbonyl (C=O) groups is 1. The van der Waals surface area contributed by atoms with Crippen molar-refractivity contribution in [2.75, 3.05) is 18.9 Å². The lowest BCUT2D eigenvalue weighted by atomic mass is 10.1. The van der Waals surface area contributed by atoms with E-state index in [1.807, 2.05) is 0 Å². The van der Waals surface area contributed by atoms with Gasteiger partial charge >= 0.3 is 0 Å². The minimum absolute atomic E-state index is 0.199. The normalized spacial score (nSPS) is 10.2. The fourth-order valence-electron chi connectivity index (χ4n) is 1.88. The largest absolute Gasteiger partial charge is 0.372 e. The third-order valence-corrected chi connectivity index (χ3v) is 3.38. The monoisotopic (exact) mass is 351 g/mol. The molecule has 0 aliphatic heterocycles. The molecular formula is C15H15BrFN3O. The second-order valence-electron chi connectivity index (χ2n) is 4.43. The van der Waals surface area contributed by atoms with Gasteiger partial charge in [0.1, 0.15) is 11.6 Å². The third kappa shape index (κ3) is 4.26. The fourth-order valence-corrected chi connectivity index (χ4v) is 2.21. The summed E-state index contributed by atoms with van der Waals surface area (Å²) < 4.78 is 13.5. The van der Waals surface area contributed by atoms with Crippen LogP contribution in [0, 0.1) is 5.82 Å². The standard InChI is InChI=1S/C15H15BrFN3O/c1-18-14-13(8-11(16)9-20-14)15(21)19-7-6-10-2-4-12(17)5-3-10/h2-5,8-9H,6-7H2,1H3,(H,18,20)(H,19,21). The van der Waals surface area contributed by atoms with E-state index >= 15 is 0 Å². The van der Waals surface area contributed by atoms with Gasteiger partial charge in [-0.2, -0.15) is 0 Å². The highest BCUT2D eigenvalue weighted by molar-refractivity contribution is 9.10. The Labute approximate surface area is 130 Å². The molecule has 1 amide bonds. The summed E-state index contributed by atoms with van der Waals surface area (Å²) in [4.78, 5) is 16.3. The molecule has 0 saturated carbocycles. The van der Waals surface area contributed by atoms with Crippen molar-refractivity contribution in [3.8, 4) is 0 Å². The number of amides is 1. The second-order valence-corrected chi connectivity index (χ2v) is 5.35. The molecule has 110 valence electrons. The summed E-state index contributed by atoms with van der Waals surface area (Å²) in [6, 6.07) is 7.96. The Kier molecular flexibility index (Phi) is 5.27. The van der Waals surface area contributed by atoms with Gasteiger partial charge in [0.25, 0.3) is 5.91 Å². The molecule has 0 radical (unpaired) electrons. The number of nitrogens with one attached hydrogen (secondary N) is 2. The number of rotatable bonds is 5. The van der Waals surface area contributed by atoms with Crippen molar-refractivity contribution in [1.29, 1.82) is 0 Å². The molecule has 0 aliphatic carbocycles. The first-order valence-electron chi connectivity index (χ1n) is 6.46. The lowest BCUT2D eigenvalue weighted by Gasteiger charge is -2.09. The van der Waals surface area contributed by atoms with E-state index in [9.17, 15) is 9.18 Å². The number of pyridine rings is 1. The zero-order valence-electron chi connectivity index (χ0n) is 11.5. The van der Waals surface area contributed by atoms with Crippen LogP contribution in [0.2, 0.25) is 0 Å². The number of anilines is 1. The molecule has 0 spiro atoms. The molecule has 0 bridgehead atoms. The Morgan fingerprint density at radius 2 is 2.05 bits per heavy atom. The van der Waals surface area contributed by atoms with Crippen LogP contribution in [0.15, 0.2) is 41.0 Å². The fraction of sp³-hybridized carbons (Fsp3) is 0.200. The molecule has 1 heterocycles. The van der Waals surface area contributed by atoms with Crippen LogP contribution in [-0.4, -0.2) is 24.5 Å². The van der Waals surface area contributed by atoms with Crippen molar-refractivity contribution in [2.45, 2.75) is 6.42 Å². The molecule has 0 saturated heterocycles. The minimum Gasteiger partial charge on any atom is -0.372 e. The van der Waals surface area contributed by atoms with Crippen molar-refractivity contribution >= 4 is 27.7 Å². The van der Waals surface area contributed by atoms with E-state index in [-0.39, 0.29) is 11.7 Å². The third-order valence-electron chi connectivity index (χ3n) is 2.95. The van der Waals surface area contributed by atoms with Crippen molar-refractivity contribution in [3.05, 3.63) is 57.9 Å². The predicted molar refractivity (Wildman–Crippen MR) is 83.9 cm³/mol. The van der Waals surface area contributed by atoms with Gasteiger partial charge in [0.05, 0.1) is 5.56 Å². The smallest absolute Gasteiger partial charge is 0.255 e. The SMILES string of the molecule is CNc1ncc(Br)cc1C(=O)NCCc1ccc(F)cc1. The van der Waals surface area contributed by atoms with Crippen LogP contribution < -0.4 is 10.6 Å². The van der Waals surface area contributed by atoms with Crippen LogP contribution in [0.4, 0.5) is 10.2 Å². The number of aromatic nitrogens is 1. The molecule has 21 heavy (non-hydrogen) atoms. The molecular weight excluding hydrogens is 337 g/mol. The van der Waals surface area contributed by atoms with Gasteiger partial charge in [0.2, 0.25) is 0 Å². The molecule has 0 atom stereocenters. The van der Waals surface area contributed by atoms with Crippen molar-refractivity contribution in [3.63, 3.8) is 0 Å². The van der Waals surface area contributed by atoms with Gasteiger partial charge in [-0.1, -0.05) is 12.1 Å². The van der Waals surface area contributed by atoms with Gasteiger partial charge in [-0.25, -0.2) is 9.37 Å². The molecule has 1 aromatic heterocycles. The number of nitrogens with zero attached hydrogens (tertiary/aromatic N) is 1. The summed E-state index contributed by atoms with van der Waals surface area (Å²) >= 11 is 3.30. The number of hydrogen-bond donors (Lipinski definition) is 2. The topological polar surface area (TPSA) is 54.0 Å². The predicted octanol–water partition coefficient (Wildman–Crippen LogP) is 3.00. The van der Waals surface area contributed by atoms with Gasteiger partial charge < -0.3 is 10.6 Å². The van der Waals surface area contributed by atoms with E-state index in [2.05, 4.69) is 31.5 Å². The average Bonchev–Trinajstić information content (AvgIpc) is 2.49. The summed E-state index contributed by atoms with van der Waals surface area (Å²) in [5.74, 6) is 0.0643. The number of carbonyl (C=O) groups excluding carboxylic acids is 1. The first-order chi connectivity index (χ1) is 10.1. The maximum absolute atomic E-state index is 12.8. The number of hydrogen-bond acceptors (Lipinski definition) is 3. The molecule has 6 heteroatoms. The molecule has 2 aromatic rings.